The molecule has 0 aromatic heterocycles. The average Bonchev–Trinajstić information content (AvgIpc) is 2.45. The molecule has 1 aromatic carbocycles. The summed E-state index contributed by atoms with van der Waals surface area (Å²) in [7, 11) is -3.37. The molecule has 1 N–H and O–H groups in total. The topological polar surface area (TPSA) is 74.7 Å². The number of carboxylic acid groups (broad SMARTS) is 1. The zero-order chi connectivity index (χ0) is 15.9. The van der Waals surface area contributed by atoms with E-state index >= 15 is 0 Å². The zero-order valence-electron chi connectivity index (χ0n) is 12.6. The third kappa shape index (κ3) is 5.47. The van der Waals surface area contributed by atoms with E-state index < -0.39 is 15.8 Å². The maximum atomic E-state index is 12.3. The van der Waals surface area contributed by atoms with E-state index in [1.807, 2.05) is 0 Å². The van der Waals surface area contributed by atoms with Crippen LogP contribution in [0.25, 0.3) is 0 Å². The number of carbonyl (C=O) groups is 1. The van der Waals surface area contributed by atoms with Crippen LogP contribution >= 0.6 is 0 Å². The monoisotopic (exact) mass is 313 g/mol. The Morgan fingerprint density at radius 2 is 1.57 bits per heavy atom. The van der Waals surface area contributed by atoms with Crippen LogP contribution in [0.3, 0.4) is 0 Å². The predicted molar refractivity (Wildman–Crippen MR) is 82.5 cm³/mol. The SMILES string of the molecule is CCCN(CCC)CCS(=O)(=O)c1ccc(C(=O)O)cc1. The van der Waals surface area contributed by atoms with Crippen molar-refractivity contribution in [3.63, 3.8) is 0 Å². The van der Waals surface area contributed by atoms with Crippen LogP contribution in [0.15, 0.2) is 29.2 Å². The number of hydrogen-bond acceptors (Lipinski definition) is 4. The minimum absolute atomic E-state index is 0.0550. The molecule has 1 aromatic rings. The van der Waals surface area contributed by atoms with Gasteiger partial charge in [-0.05, 0) is 50.2 Å². The Kier molecular flexibility index (Phi) is 6.84. The molecule has 0 atom stereocenters. The molecule has 118 valence electrons. The van der Waals surface area contributed by atoms with E-state index in [1.165, 1.54) is 24.3 Å². The molecule has 0 heterocycles. The molecule has 5 nitrogen and oxygen atoms in total. The normalized spacial score (nSPS) is 11.8. The highest BCUT2D eigenvalue weighted by Gasteiger charge is 2.16. The molecular weight excluding hydrogens is 290 g/mol. The fourth-order valence-electron chi connectivity index (χ4n) is 2.14. The lowest BCUT2D eigenvalue weighted by atomic mass is 10.2. The lowest BCUT2D eigenvalue weighted by Gasteiger charge is -2.20. The molecule has 0 saturated carbocycles. The van der Waals surface area contributed by atoms with E-state index in [0.717, 1.165) is 25.9 Å². The summed E-state index contributed by atoms with van der Waals surface area (Å²) in [5, 5.41) is 8.82. The lowest BCUT2D eigenvalue weighted by molar-refractivity contribution is 0.0696. The Morgan fingerprint density at radius 1 is 1.05 bits per heavy atom. The van der Waals surface area contributed by atoms with E-state index in [2.05, 4.69) is 18.7 Å². The van der Waals surface area contributed by atoms with Gasteiger partial charge in [-0.1, -0.05) is 13.8 Å². The van der Waals surface area contributed by atoms with E-state index in [1.54, 1.807) is 0 Å². The van der Waals surface area contributed by atoms with E-state index in [-0.39, 0.29) is 16.2 Å². The maximum absolute atomic E-state index is 12.3. The summed E-state index contributed by atoms with van der Waals surface area (Å²) in [6.45, 7) is 6.43. The number of carboxylic acids is 1. The summed E-state index contributed by atoms with van der Waals surface area (Å²) in [6.07, 6.45) is 1.99. The predicted octanol–water partition coefficient (Wildman–Crippen LogP) is 2.28. The van der Waals surface area contributed by atoms with Gasteiger partial charge >= 0.3 is 5.97 Å². The molecule has 0 saturated heterocycles. The summed E-state index contributed by atoms with van der Waals surface area (Å²) in [6, 6.07) is 5.38. The molecule has 0 amide bonds. The Balaban J connectivity index is 2.74. The lowest BCUT2D eigenvalue weighted by Crippen LogP contribution is -2.31. The van der Waals surface area contributed by atoms with Crippen LogP contribution in [0.5, 0.6) is 0 Å². The van der Waals surface area contributed by atoms with E-state index in [4.69, 9.17) is 5.11 Å². The van der Waals surface area contributed by atoms with Crippen molar-refractivity contribution >= 4 is 15.8 Å². The van der Waals surface area contributed by atoms with Gasteiger partial charge in [0.15, 0.2) is 9.84 Å². The molecular formula is C15H23NO4S. The van der Waals surface area contributed by atoms with Gasteiger partial charge in [0.05, 0.1) is 16.2 Å². The molecule has 0 unspecified atom stereocenters. The van der Waals surface area contributed by atoms with E-state index in [9.17, 15) is 13.2 Å². The van der Waals surface area contributed by atoms with Gasteiger partial charge in [-0.3, -0.25) is 0 Å². The Labute approximate surface area is 126 Å². The van der Waals surface area contributed by atoms with Gasteiger partial charge in [0.1, 0.15) is 0 Å². The van der Waals surface area contributed by atoms with Crippen molar-refractivity contribution in [2.75, 3.05) is 25.4 Å². The average molecular weight is 313 g/mol. The largest absolute Gasteiger partial charge is 0.478 e. The number of benzene rings is 1. The first-order chi connectivity index (χ1) is 9.90. The first-order valence-corrected chi connectivity index (χ1v) is 8.84. The van der Waals surface area contributed by atoms with Gasteiger partial charge in [-0.25, -0.2) is 13.2 Å². The second-order valence-electron chi connectivity index (χ2n) is 4.99. The van der Waals surface area contributed by atoms with Gasteiger partial charge < -0.3 is 10.0 Å². The van der Waals surface area contributed by atoms with Gasteiger partial charge in [0.2, 0.25) is 0 Å². The summed E-state index contributed by atoms with van der Waals surface area (Å²) in [5.74, 6) is -1.00. The van der Waals surface area contributed by atoms with Crippen LogP contribution in [-0.4, -0.2) is 49.8 Å². The number of nitrogens with zero attached hydrogens (tertiary/aromatic N) is 1. The van der Waals surface area contributed by atoms with Crippen molar-refractivity contribution in [3.8, 4) is 0 Å². The fraction of sp³-hybridized carbons (Fsp3) is 0.533. The highest BCUT2D eigenvalue weighted by molar-refractivity contribution is 7.91. The molecule has 1 rings (SSSR count). The summed E-state index contributed by atoms with van der Waals surface area (Å²) < 4.78 is 24.5. The summed E-state index contributed by atoms with van der Waals surface area (Å²) >= 11 is 0. The maximum Gasteiger partial charge on any atom is 0.335 e. The quantitative estimate of drug-likeness (QED) is 0.757. The van der Waals surface area contributed by atoms with Gasteiger partial charge in [-0.2, -0.15) is 0 Å². The van der Waals surface area contributed by atoms with Crippen molar-refractivity contribution in [2.24, 2.45) is 0 Å². The van der Waals surface area contributed by atoms with Crippen LogP contribution in [0, 0.1) is 0 Å². The van der Waals surface area contributed by atoms with Crippen LogP contribution < -0.4 is 0 Å². The fourth-order valence-corrected chi connectivity index (χ4v) is 3.42. The third-order valence-electron chi connectivity index (χ3n) is 3.22. The second-order valence-corrected chi connectivity index (χ2v) is 7.10. The molecule has 0 spiro atoms. The number of sulfone groups is 1. The van der Waals surface area contributed by atoms with Crippen molar-refractivity contribution < 1.29 is 18.3 Å². The van der Waals surface area contributed by atoms with Crippen molar-refractivity contribution in [2.45, 2.75) is 31.6 Å². The number of hydrogen-bond donors (Lipinski definition) is 1. The van der Waals surface area contributed by atoms with Crippen molar-refractivity contribution in [3.05, 3.63) is 29.8 Å². The molecule has 0 bridgehead atoms. The number of rotatable bonds is 9. The van der Waals surface area contributed by atoms with Gasteiger partial charge in [-0.15, -0.1) is 0 Å². The Bertz CT molecular complexity index is 546. The first-order valence-electron chi connectivity index (χ1n) is 7.19. The van der Waals surface area contributed by atoms with Crippen LogP contribution in [0.2, 0.25) is 0 Å². The minimum Gasteiger partial charge on any atom is -0.478 e. The summed E-state index contributed by atoms with van der Waals surface area (Å²) in [4.78, 5) is 13.1. The highest BCUT2D eigenvalue weighted by atomic mass is 32.2. The molecule has 0 aliphatic heterocycles. The Hall–Kier alpha value is -1.40. The Morgan fingerprint density at radius 3 is 2.00 bits per heavy atom. The van der Waals surface area contributed by atoms with Gasteiger partial charge in [0.25, 0.3) is 0 Å². The standard InChI is InChI=1S/C15H23NO4S/c1-3-9-16(10-4-2)11-12-21(19,20)14-7-5-13(6-8-14)15(17)18/h5-8H,3-4,9-12H2,1-2H3,(H,17,18). The number of aromatic carboxylic acids is 1. The third-order valence-corrected chi connectivity index (χ3v) is 4.93. The first kappa shape index (κ1) is 17.7. The second kappa shape index (κ2) is 8.14. The van der Waals surface area contributed by atoms with Gasteiger partial charge in [0, 0.05) is 6.54 Å². The zero-order valence-corrected chi connectivity index (χ0v) is 13.4. The van der Waals surface area contributed by atoms with Crippen LogP contribution in [0.1, 0.15) is 37.0 Å². The molecule has 0 aliphatic carbocycles. The summed E-state index contributed by atoms with van der Waals surface area (Å²) in [5.41, 5.74) is 0.0903. The highest BCUT2D eigenvalue weighted by Crippen LogP contribution is 2.13. The van der Waals surface area contributed by atoms with Crippen molar-refractivity contribution in [1.29, 1.82) is 0 Å². The molecule has 0 aliphatic rings. The minimum atomic E-state index is -3.37. The van der Waals surface area contributed by atoms with E-state index in [0.29, 0.717) is 6.54 Å². The molecule has 21 heavy (non-hydrogen) atoms. The smallest absolute Gasteiger partial charge is 0.335 e. The molecule has 0 radical (unpaired) electrons. The van der Waals surface area contributed by atoms with Crippen molar-refractivity contribution in [1.82, 2.24) is 4.90 Å². The van der Waals surface area contributed by atoms with Crippen LogP contribution in [0.4, 0.5) is 0 Å². The molecule has 0 fully saturated rings. The van der Waals surface area contributed by atoms with Crippen LogP contribution in [-0.2, 0) is 9.84 Å². The molecule has 6 heteroatoms.